The topological polar surface area (TPSA) is 55.6 Å². The minimum absolute atomic E-state index is 0.150. The van der Waals surface area contributed by atoms with Gasteiger partial charge in [0.1, 0.15) is 6.10 Å². The maximum Gasteiger partial charge on any atom is 0.251 e. The number of nitrogens with two attached hydrogens (primary N) is 1. The van der Waals surface area contributed by atoms with Crippen LogP contribution in [0.4, 0.5) is 0 Å². The summed E-state index contributed by atoms with van der Waals surface area (Å²) in [5.74, 6) is 0.706. The molecule has 2 aliphatic rings. The molecule has 3 atom stereocenters. The van der Waals surface area contributed by atoms with Crippen LogP contribution in [0.3, 0.4) is 0 Å². The quantitative estimate of drug-likeness (QED) is 0.791. The molecule has 1 heterocycles. The number of hydrogen-bond donors (Lipinski definition) is 1. The molecule has 4 nitrogen and oxygen atoms in total. The minimum atomic E-state index is -0.240. The number of hydrogen-bond acceptors (Lipinski definition) is 3. The summed E-state index contributed by atoms with van der Waals surface area (Å²) in [7, 11) is 0. The van der Waals surface area contributed by atoms with Crippen LogP contribution in [0.1, 0.15) is 51.9 Å². The largest absolute Gasteiger partial charge is 0.393 e. The van der Waals surface area contributed by atoms with E-state index >= 15 is 0 Å². The second-order valence-corrected chi connectivity index (χ2v) is 6.60. The number of nitrogens with zero attached hydrogens (tertiary/aromatic N) is 1. The van der Waals surface area contributed by atoms with E-state index in [-0.39, 0.29) is 12.0 Å². The Bertz CT molecular complexity index is 356. The maximum atomic E-state index is 12.7. The molecule has 0 radical (unpaired) electrons. The summed E-state index contributed by atoms with van der Waals surface area (Å²) in [5.41, 5.74) is 5.62. The highest BCUT2D eigenvalue weighted by Gasteiger charge is 2.35. The number of carbonyl (C=O) groups is 1. The lowest BCUT2D eigenvalue weighted by Gasteiger charge is -2.39. The van der Waals surface area contributed by atoms with Crippen LogP contribution in [0.2, 0.25) is 0 Å². The van der Waals surface area contributed by atoms with Gasteiger partial charge in [-0.3, -0.25) is 4.79 Å². The molecule has 0 bridgehead atoms. The standard InChI is InChI=1S/C15H26N2O2S/c1-11-5-2-3-6-12(11)17(9-8-14(16)20)15(18)13-7-4-10-19-13/h11-13H,2-10H2,1H3,(H2,16,20). The van der Waals surface area contributed by atoms with E-state index in [1.54, 1.807) is 0 Å². The van der Waals surface area contributed by atoms with E-state index in [2.05, 4.69) is 6.92 Å². The highest BCUT2D eigenvalue weighted by atomic mass is 32.1. The SMILES string of the molecule is CC1CCCCC1N(CCC(N)=S)C(=O)C1CCCO1. The fourth-order valence-electron chi connectivity index (χ4n) is 3.39. The molecule has 0 aromatic rings. The molecular weight excluding hydrogens is 272 g/mol. The van der Waals surface area contributed by atoms with Gasteiger partial charge in [-0.25, -0.2) is 0 Å². The molecule has 114 valence electrons. The predicted molar refractivity (Wildman–Crippen MR) is 83.5 cm³/mol. The molecule has 3 unspecified atom stereocenters. The van der Waals surface area contributed by atoms with E-state index in [1.165, 1.54) is 19.3 Å². The lowest BCUT2D eigenvalue weighted by molar-refractivity contribution is -0.145. The Morgan fingerprint density at radius 2 is 2.05 bits per heavy atom. The van der Waals surface area contributed by atoms with Crippen molar-refractivity contribution < 1.29 is 9.53 Å². The number of rotatable bonds is 5. The van der Waals surface area contributed by atoms with Crippen LogP contribution in [0, 0.1) is 5.92 Å². The van der Waals surface area contributed by atoms with E-state index in [1.807, 2.05) is 4.90 Å². The van der Waals surface area contributed by atoms with Gasteiger partial charge in [0.25, 0.3) is 5.91 Å². The number of ether oxygens (including phenoxy) is 1. The average molecular weight is 298 g/mol. The van der Waals surface area contributed by atoms with E-state index in [0.717, 1.165) is 19.3 Å². The maximum absolute atomic E-state index is 12.7. The van der Waals surface area contributed by atoms with Crippen LogP contribution in [0.15, 0.2) is 0 Å². The highest BCUT2D eigenvalue weighted by Crippen LogP contribution is 2.29. The van der Waals surface area contributed by atoms with Crippen molar-refractivity contribution >= 4 is 23.1 Å². The summed E-state index contributed by atoms with van der Waals surface area (Å²) in [6, 6.07) is 0.329. The Labute approximate surface area is 127 Å². The molecule has 0 aromatic heterocycles. The molecule has 0 aromatic carbocycles. The third-order valence-corrected chi connectivity index (χ3v) is 4.76. The van der Waals surface area contributed by atoms with Crippen LogP contribution < -0.4 is 5.73 Å². The van der Waals surface area contributed by atoms with Crippen molar-refractivity contribution in [3.8, 4) is 0 Å². The van der Waals surface area contributed by atoms with Gasteiger partial charge < -0.3 is 15.4 Å². The molecule has 1 aliphatic heterocycles. The number of amides is 1. The first-order chi connectivity index (χ1) is 9.59. The molecule has 1 saturated carbocycles. The van der Waals surface area contributed by atoms with Crippen LogP contribution in [-0.4, -0.2) is 41.1 Å². The zero-order chi connectivity index (χ0) is 14.5. The number of carbonyl (C=O) groups excluding carboxylic acids is 1. The molecule has 2 fully saturated rings. The summed E-state index contributed by atoms with van der Waals surface area (Å²) >= 11 is 4.97. The van der Waals surface area contributed by atoms with E-state index in [0.29, 0.717) is 36.5 Å². The van der Waals surface area contributed by atoms with Crippen molar-refractivity contribution in [3.63, 3.8) is 0 Å². The fourth-order valence-corrected chi connectivity index (χ4v) is 3.48. The van der Waals surface area contributed by atoms with Crippen molar-refractivity contribution in [2.75, 3.05) is 13.2 Å². The summed E-state index contributed by atoms with van der Waals surface area (Å²) in [6.07, 6.45) is 6.98. The predicted octanol–water partition coefficient (Wildman–Crippen LogP) is 2.25. The van der Waals surface area contributed by atoms with Gasteiger partial charge in [-0.15, -0.1) is 0 Å². The molecule has 1 saturated heterocycles. The van der Waals surface area contributed by atoms with E-state index in [4.69, 9.17) is 22.7 Å². The van der Waals surface area contributed by atoms with Crippen molar-refractivity contribution in [2.45, 2.75) is 64.0 Å². The lowest BCUT2D eigenvalue weighted by Crippen LogP contribution is -2.50. The lowest BCUT2D eigenvalue weighted by atomic mass is 9.84. The van der Waals surface area contributed by atoms with E-state index < -0.39 is 0 Å². The Kier molecular flexibility index (Phi) is 5.78. The Morgan fingerprint density at radius 1 is 1.30 bits per heavy atom. The molecule has 5 heteroatoms. The normalized spacial score (nSPS) is 30.1. The van der Waals surface area contributed by atoms with Crippen molar-refractivity contribution in [2.24, 2.45) is 11.7 Å². The molecule has 1 amide bonds. The second-order valence-electron chi connectivity index (χ2n) is 6.08. The minimum Gasteiger partial charge on any atom is -0.393 e. The molecule has 2 N–H and O–H groups in total. The summed E-state index contributed by atoms with van der Waals surface area (Å²) in [6.45, 7) is 3.60. The monoisotopic (exact) mass is 298 g/mol. The first-order valence-electron chi connectivity index (χ1n) is 7.80. The second kappa shape index (κ2) is 7.36. The first kappa shape index (κ1) is 15.7. The van der Waals surface area contributed by atoms with Crippen molar-refractivity contribution in [1.82, 2.24) is 4.90 Å². The molecule has 2 rings (SSSR count). The van der Waals surface area contributed by atoms with Gasteiger partial charge in [0, 0.05) is 25.6 Å². The number of thiocarbonyl (C=S) groups is 1. The summed E-state index contributed by atoms with van der Waals surface area (Å²) in [4.78, 5) is 15.2. The zero-order valence-corrected chi connectivity index (χ0v) is 13.2. The molecular formula is C15H26N2O2S. The summed E-state index contributed by atoms with van der Waals surface area (Å²) < 4.78 is 5.57. The van der Waals surface area contributed by atoms with Gasteiger partial charge in [-0.05, 0) is 31.6 Å². The van der Waals surface area contributed by atoms with Crippen LogP contribution >= 0.6 is 12.2 Å². The average Bonchev–Trinajstić information content (AvgIpc) is 2.94. The third kappa shape index (κ3) is 3.92. The molecule has 20 heavy (non-hydrogen) atoms. The van der Waals surface area contributed by atoms with Gasteiger partial charge in [-0.2, -0.15) is 0 Å². The van der Waals surface area contributed by atoms with Gasteiger partial charge in [0.05, 0.1) is 4.99 Å². The molecule has 1 aliphatic carbocycles. The summed E-state index contributed by atoms with van der Waals surface area (Å²) in [5, 5.41) is 0. The van der Waals surface area contributed by atoms with Gasteiger partial charge in [0.2, 0.25) is 0 Å². The first-order valence-corrected chi connectivity index (χ1v) is 8.21. The highest BCUT2D eigenvalue weighted by molar-refractivity contribution is 7.80. The molecule has 0 spiro atoms. The van der Waals surface area contributed by atoms with Crippen molar-refractivity contribution in [1.29, 1.82) is 0 Å². The van der Waals surface area contributed by atoms with Crippen molar-refractivity contribution in [3.05, 3.63) is 0 Å². The van der Waals surface area contributed by atoms with Crippen LogP contribution in [0.5, 0.6) is 0 Å². The Morgan fingerprint density at radius 3 is 2.65 bits per heavy atom. The fraction of sp³-hybridized carbons (Fsp3) is 0.867. The van der Waals surface area contributed by atoms with E-state index in [9.17, 15) is 4.79 Å². The Hall–Kier alpha value is -0.680. The van der Waals surface area contributed by atoms with Gasteiger partial charge in [0.15, 0.2) is 0 Å². The zero-order valence-electron chi connectivity index (χ0n) is 12.3. The van der Waals surface area contributed by atoms with Gasteiger partial charge in [-0.1, -0.05) is 32.0 Å². The Balaban J connectivity index is 2.05. The van der Waals surface area contributed by atoms with Crippen LogP contribution in [-0.2, 0) is 9.53 Å². The third-order valence-electron chi connectivity index (χ3n) is 4.55. The smallest absolute Gasteiger partial charge is 0.251 e. The van der Waals surface area contributed by atoms with Gasteiger partial charge >= 0.3 is 0 Å². The van der Waals surface area contributed by atoms with Crippen LogP contribution in [0.25, 0.3) is 0 Å².